The molecule has 1 N–H and O–H groups in total. The summed E-state index contributed by atoms with van der Waals surface area (Å²) in [5.41, 5.74) is 1.31. The number of aromatic nitrogens is 3. The van der Waals surface area contributed by atoms with Crippen LogP contribution in [0.15, 0.2) is 22.8 Å². The molecule has 0 atom stereocenters. The molecule has 0 aliphatic rings. The Hall–Kier alpha value is -1.36. The molecule has 0 aromatic carbocycles. The largest absolute Gasteiger partial charge is 0.504 e. The van der Waals surface area contributed by atoms with Crippen LogP contribution in [-0.4, -0.2) is 19.9 Å². The molecule has 0 amide bonds. The topological polar surface area (TPSA) is 50.9 Å². The van der Waals surface area contributed by atoms with Gasteiger partial charge in [0.05, 0.1) is 5.69 Å². The van der Waals surface area contributed by atoms with Crippen LogP contribution in [0.1, 0.15) is 11.4 Å². The lowest BCUT2D eigenvalue weighted by Crippen LogP contribution is -2.01. The Balaban J connectivity index is 2.54. The lowest BCUT2D eigenvalue weighted by molar-refractivity contribution is 0.466. The maximum atomic E-state index is 9.62. The summed E-state index contributed by atoms with van der Waals surface area (Å²) >= 11 is 3.31. The van der Waals surface area contributed by atoms with E-state index in [2.05, 4.69) is 26.0 Å². The third kappa shape index (κ3) is 1.74. The van der Waals surface area contributed by atoms with Crippen LogP contribution in [0.2, 0.25) is 0 Å². The van der Waals surface area contributed by atoms with Gasteiger partial charge in [0.15, 0.2) is 11.6 Å². The zero-order valence-corrected chi connectivity index (χ0v) is 9.98. The molecule has 4 nitrogen and oxygen atoms in total. The SMILES string of the molecule is Cc1nn(-c2ccc(Br)cn2)c(C)c1O. The molecule has 0 aliphatic carbocycles. The second-order valence-electron chi connectivity index (χ2n) is 3.27. The number of hydrogen-bond acceptors (Lipinski definition) is 3. The maximum absolute atomic E-state index is 9.62. The summed E-state index contributed by atoms with van der Waals surface area (Å²) in [6.07, 6.45) is 1.70. The average molecular weight is 268 g/mol. The first kappa shape index (κ1) is 10.2. The highest BCUT2D eigenvalue weighted by Crippen LogP contribution is 2.22. The molecule has 0 bridgehead atoms. The maximum Gasteiger partial charge on any atom is 0.160 e. The van der Waals surface area contributed by atoms with Crippen molar-refractivity contribution in [2.75, 3.05) is 0 Å². The van der Waals surface area contributed by atoms with Crippen molar-refractivity contribution in [1.29, 1.82) is 0 Å². The summed E-state index contributed by atoms with van der Waals surface area (Å²) in [6.45, 7) is 3.57. The van der Waals surface area contributed by atoms with Gasteiger partial charge in [-0.25, -0.2) is 9.67 Å². The fourth-order valence-electron chi connectivity index (χ4n) is 1.35. The van der Waals surface area contributed by atoms with Gasteiger partial charge in [0.25, 0.3) is 0 Å². The van der Waals surface area contributed by atoms with E-state index in [9.17, 15) is 5.11 Å². The molecule has 2 aromatic heterocycles. The summed E-state index contributed by atoms with van der Waals surface area (Å²) in [7, 11) is 0. The van der Waals surface area contributed by atoms with Crippen LogP contribution in [0.3, 0.4) is 0 Å². The zero-order chi connectivity index (χ0) is 11.0. The Labute approximate surface area is 95.7 Å². The third-order valence-corrected chi connectivity index (χ3v) is 2.65. The van der Waals surface area contributed by atoms with E-state index in [0.717, 1.165) is 4.47 Å². The van der Waals surface area contributed by atoms with Crippen molar-refractivity contribution in [2.45, 2.75) is 13.8 Å². The summed E-state index contributed by atoms with van der Waals surface area (Å²) in [6, 6.07) is 3.72. The molecule has 78 valence electrons. The second-order valence-corrected chi connectivity index (χ2v) is 4.18. The van der Waals surface area contributed by atoms with Crippen molar-refractivity contribution in [2.24, 2.45) is 0 Å². The first-order valence-corrected chi connectivity index (χ1v) is 5.26. The smallest absolute Gasteiger partial charge is 0.160 e. The number of aromatic hydroxyl groups is 1. The predicted molar refractivity (Wildman–Crippen MR) is 60.2 cm³/mol. The fourth-order valence-corrected chi connectivity index (χ4v) is 1.59. The minimum absolute atomic E-state index is 0.222. The number of hydrogen-bond donors (Lipinski definition) is 1. The Morgan fingerprint density at radius 2 is 2.07 bits per heavy atom. The molecule has 0 fully saturated rings. The van der Waals surface area contributed by atoms with Crippen LogP contribution in [0.25, 0.3) is 5.82 Å². The predicted octanol–water partition coefficient (Wildman–Crippen LogP) is 2.35. The molecular formula is C10H10BrN3O. The van der Waals surface area contributed by atoms with Crippen LogP contribution in [0, 0.1) is 13.8 Å². The van der Waals surface area contributed by atoms with Gasteiger partial charge in [0.2, 0.25) is 0 Å². The van der Waals surface area contributed by atoms with E-state index >= 15 is 0 Å². The van der Waals surface area contributed by atoms with E-state index in [1.54, 1.807) is 24.7 Å². The summed E-state index contributed by atoms with van der Waals surface area (Å²) in [5.74, 6) is 0.916. The van der Waals surface area contributed by atoms with Crippen molar-refractivity contribution in [1.82, 2.24) is 14.8 Å². The Morgan fingerprint density at radius 3 is 2.53 bits per heavy atom. The van der Waals surface area contributed by atoms with Crippen molar-refractivity contribution >= 4 is 15.9 Å². The molecule has 0 saturated heterocycles. The molecule has 0 aliphatic heterocycles. The lowest BCUT2D eigenvalue weighted by Gasteiger charge is -2.02. The second kappa shape index (κ2) is 3.66. The van der Waals surface area contributed by atoms with E-state index in [0.29, 0.717) is 17.2 Å². The van der Waals surface area contributed by atoms with Crippen molar-refractivity contribution in [3.8, 4) is 11.6 Å². The molecule has 0 unspecified atom stereocenters. The first-order chi connectivity index (χ1) is 7.09. The molecule has 2 rings (SSSR count). The van der Waals surface area contributed by atoms with E-state index in [-0.39, 0.29) is 5.75 Å². The summed E-state index contributed by atoms with van der Waals surface area (Å²) in [5, 5.41) is 13.8. The average Bonchev–Trinajstić information content (AvgIpc) is 2.47. The molecule has 0 saturated carbocycles. The lowest BCUT2D eigenvalue weighted by atomic mass is 10.3. The van der Waals surface area contributed by atoms with Crippen LogP contribution in [0.5, 0.6) is 5.75 Å². The van der Waals surface area contributed by atoms with Crippen molar-refractivity contribution in [3.05, 3.63) is 34.2 Å². The molecule has 0 radical (unpaired) electrons. The van der Waals surface area contributed by atoms with E-state index < -0.39 is 0 Å². The Bertz CT molecular complexity index is 490. The number of nitrogens with zero attached hydrogens (tertiary/aromatic N) is 3. The number of aryl methyl sites for hydroxylation is 1. The van der Waals surface area contributed by atoms with Gasteiger partial charge in [-0.2, -0.15) is 5.10 Å². The molecule has 2 heterocycles. The van der Waals surface area contributed by atoms with Gasteiger partial charge in [0, 0.05) is 10.7 Å². The molecular weight excluding hydrogens is 258 g/mol. The van der Waals surface area contributed by atoms with E-state index in [1.807, 2.05) is 12.1 Å². The number of rotatable bonds is 1. The third-order valence-electron chi connectivity index (χ3n) is 2.18. The highest BCUT2D eigenvalue weighted by Gasteiger charge is 2.11. The first-order valence-electron chi connectivity index (χ1n) is 4.46. The fraction of sp³-hybridized carbons (Fsp3) is 0.200. The summed E-state index contributed by atoms with van der Waals surface area (Å²) < 4.78 is 2.54. The minimum atomic E-state index is 0.222. The van der Waals surface area contributed by atoms with Gasteiger partial charge in [0.1, 0.15) is 5.69 Å². The van der Waals surface area contributed by atoms with Crippen LogP contribution >= 0.6 is 15.9 Å². The van der Waals surface area contributed by atoms with E-state index in [4.69, 9.17) is 0 Å². The van der Waals surface area contributed by atoms with Gasteiger partial charge >= 0.3 is 0 Å². The number of pyridine rings is 1. The van der Waals surface area contributed by atoms with Crippen molar-refractivity contribution in [3.63, 3.8) is 0 Å². The molecule has 2 aromatic rings. The van der Waals surface area contributed by atoms with Crippen molar-refractivity contribution < 1.29 is 5.11 Å². The standard InChI is InChI=1S/C10H10BrN3O/c1-6-10(15)7(2)14(13-6)9-4-3-8(11)5-12-9/h3-5,15H,1-2H3. The van der Waals surface area contributed by atoms with Gasteiger partial charge in [-0.15, -0.1) is 0 Å². The van der Waals surface area contributed by atoms with Gasteiger partial charge in [-0.1, -0.05) is 0 Å². The minimum Gasteiger partial charge on any atom is -0.504 e. The van der Waals surface area contributed by atoms with E-state index in [1.165, 1.54) is 0 Å². The van der Waals surface area contributed by atoms with Gasteiger partial charge in [-0.3, -0.25) is 0 Å². The van der Waals surface area contributed by atoms with Crippen LogP contribution in [0.4, 0.5) is 0 Å². The Kier molecular flexibility index (Phi) is 2.48. The van der Waals surface area contributed by atoms with Gasteiger partial charge in [-0.05, 0) is 41.9 Å². The number of halogens is 1. The summed E-state index contributed by atoms with van der Waals surface area (Å²) in [4.78, 5) is 4.21. The quantitative estimate of drug-likeness (QED) is 0.863. The van der Waals surface area contributed by atoms with Crippen LogP contribution in [-0.2, 0) is 0 Å². The molecule has 15 heavy (non-hydrogen) atoms. The Morgan fingerprint density at radius 1 is 1.33 bits per heavy atom. The zero-order valence-electron chi connectivity index (χ0n) is 8.40. The highest BCUT2D eigenvalue weighted by molar-refractivity contribution is 9.10. The molecule has 0 spiro atoms. The highest BCUT2D eigenvalue weighted by atomic mass is 79.9. The van der Waals surface area contributed by atoms with Gasteiger partial charge < -0.3 is 5.11 Å². The van der Waals surface area contributed by atoms with Crippen LogP contribution < -0.4 is 0 Å². The molecule has 5 heteroatoms. The normalized spacial score (nSPS) is 10.6. The monoisotopic (exact) mass is 267 g/mol.